The van der Waals surface area contributed by atoms with E-state index >= 15 is 0 Å². The van der Waals surface area contributed by atoms with Crippen LogP contribution in [0.3, 0.4) is 0 Å². The van der Waals surface area contributed by atoms with Gasteiger partial charge in [0, 0.05) is 0 Å². The number of hydrogen-bond donors (Lipinski definition) is 0. The summed E-state index contributed by atoms with van der Waals surface area (Å²) in [6.07, 6.45) is 0. The standard InChI is InChI=1S/C11H12N2O3/c1-9-12-16-11(14)13(9)7-8-15-10-5-3-2-4-6-10/h2-6H,7-8H2,1H3. The Kier molecular flexibility index (Phi) is 3.05. The average molecular weight is 220 g/mol. The van der Waals surface area contributed by atoms with Crippen LogP contribution in [0.25, 0.3) is 0 Å². The molecule has 0 saturated carbocycles. The van der Waals surface area contributed by atoms with Gasteiger partial charge < -0.3 is 4.74 Å². The predicted octanol–water partition coefficient (Wildman–Crippen LogP) is 1.22. The molecule has 16 heavy (non-hydrogen) atoms. The second kappa shape index (κ2) is 4.65. The molecular weight excluding hydrogens is 208 g/mol. The zero-order valence-electron chi connectivity index (χ0n) is 8.92. The van der Waals surface area contributed by atoms with E-state index in [-0.39, 0.29) is 0 Å². The fourth-order valence-electron chi connectivity index (χ4n) is 1.36. The minimum Gasteiger partial charge on any atom is -0.492 e. The summed E-state index contributed by atoms with van der Waals surface area (Å²) in [5.74, 6) is 0.889. The number of hydrogen-bond acceptors (Lipinski definition) is 4. The van der Waals surface area contributed by atoms with E-state index in [0.717, 1.165) is 5.75 Å². The molecule has 84 valence electrons. The van der Waals surface area contributed by atoms with Crippen LogP contribution >= 0.6 is 0 Å². The highest BCUT2D eigenvalue weighted by Crippen LogP contribution is 2.07. The molecule has 0 aliphatic carbocycles. The number of rotatable bonds is 4. The van der Waals surface area contributed by atoms with Crippen molar-refractivity contribution in [3.05, 3.63) is 46.7 Å². The molecule has 0 radical (unpaired) electrons. The third kappa shape index (κ3) is 2.31. The molecule has 2 aromatic rings. The summed E-state index contributed by atoms with van der Waals surface area (Å²) in [7, 11) is 0. The average Bonchev–Trinajstić information content (AvgIpc) is 2.62. The molecule has 1 heterocycles. The Balaban J connectivity index is 1.92. The molecule has 0 saturated heterocycles. The predicted molar refractivity (Wildman–Crippen MR) is 57.4 cm³/mol. The summed E-state index contributed by atoms with van der Waals surface area (Å²) in [4.78, 5) is 11.2. The molecule has 0 fully saturated rings. The van der Waals surface area contributed by atoms with Gasteiger partial charge in [0.2, 0.25) is 0 Å². The van der Waals surface area contributed by atoms with Gasteiger partial charge in [-0.1, -0.05) is 23.4 Å². The molecule has 0 bridgehead atoms. The first-order valence-corrected chi connectivity index (χ1v) is 4.98. The van der Waals surface area contributed by atoms with Crippen molar-refractivity contribution in [3.8, 4) is 5.75 Å². The summed E-state index contributed by atoms with van der Waals surface area (Å²) < 4.78 is 11.4. The van der Waals surface area contributed by atoms with E-state index in [1.165, 1.54) is 4.57 Å². The molecule has 0 aliphatic heterocycles. The topological polar surface area (TPSA) is 57.3 Å². The zero-order valence-corrected chi connectivity index (χ0v) is 8.92. The maximum absolute atomic E-state index is 11.2. The minimum atomic E-state index is -0.450. The van der Waals surface area contributed by atoms with Gasteiger partial charge in [-0.3, -0.25) is 9.09 Å². The second-order valence-electron chi connectivity index (χ2n) is 3.31. The molecule has 0 atom stereocenters. The van der Waals surface area contributed by atoms with Crippen LogP contribution in [0.1, 0.15) is 5.82 Å². The lowest BCUT2D eigenvalue weighted by molar-refractivity contribution is 0.289. The first kappa shape index (κ1) is 10.5. The van der Waals surface area contributed by atoms with Crippen LogP contribution in [0.2, 0.25) is 0 Å². The fourth-order valence-corrected chi connectivity index (χ4v) is 1.36. The SMILES string of the molecule is Cc1noc(=O)n1CCOc1ccccc1. The van der Waals surface area contributed by atoms with Crippen molar-refractivity contribution in [2.24, 2.45) is 0 Å². The summed E-state index contributed by atoms with van der Waals surface area (Å²) in [6.45, 7) is 2.56. The Hall–Kier alpha value is -2.04. The van der Waals surface area contributed by atoms with Crippen molar-refractivity contribution < 1.29 is 9.26 Å². The number of ether oxygens (including phenoxy) is 1. The van der Waals surface area contributed by atoms with Gasteiger partial charge in [-0.2, -0.15) is 0 Å². The van der Waals surface area contributed by atoms with Crippen molar-refractivity contribution in [1.29, 1.82) is 0 Å². The van der Waals surface area contributed by atoms with Crippen LogP contribution in [-0.4, -0.2) is 16.3 Å². The molecule has 1 aromatic carbocycles. The molecule has 0 unspecified atom stereocenters. The molecule has 5 heteroatoms. The normalized spacial score (nSPS) is 10.3. The molecular formula is C11H12N2O3. The first-order chi connectivity index (χ1) is 7.77. The van der Waals surface area contributed by atoms with E-state index in [4.69, 9.17) is 4.74 Å². The molecule has 0 N–H and O–H groups in total. The number of aromatic nitrogens is 2. The maximum Gasteiger partial charge on any atom is 0.441 e. The quantitative estimate of drug-likeness (QED) is 0.777. The molecule has 2 rings (SSSR count). The van der Waals surface area contributed by atoms with Gasteiger partial charge >= 0.3 is 5.76 Å². The van der Waals surface area contributed by atoms with Crippen LogP contribution in [0.15, 0.2) is 39.6 Å². The Morgan fingerprint density at radius 1 is 1.38 bits per heavy atom. The van der Waals surface area contributed by atoms with Gasteiger partial charge in [-0.15, -0.1) is 0 Å². The van der Waals surface area contributed by atoms with Gasteiger partial charge in [-0.25, -0.2) is 4.79 Å². The summed E-state index contributed by atoms with van der Waals surface area (Å²) in [5, 5.41) is 3.56. The van der Waals surface area contributed by atoms with Crippen molar-refractivity contribution >= 4 is 0 Å². The lowest BCUT2D eigenvalue weighted by atomic mass is 10.3. The van der Waals surface area contributed by atoms with E-state index in [1.54, 1.807) is 6.92 Å². The van der Waals surface area contributed by atoms with Crippen LogP contribution in [0.5, 0.6) is 5.75 Å². The van der Waals surface area contributed by atoms with E-state index in [9.17, 15) is 4.79 Å². The monoisotopic (exact) mass is 220 g/mol. The van der Waals surface area contributed by atoms with Gasteiger partial charge in [0.1, 0.15) is 12.4 Å². The van der Waals surface area contributed by atoms with E-state index in [0.29, 0.717) is 19.0 Å². The Bertz CT molecular complexity index is 501. The summed E-state index contributed by atoms with van der Waals surface area (Å²) in [5.41, 5.74) is 0. The maximum atomic E-state index is 11.2. The van der Waals surface area contributed by atoms with Crippen molar-refractivity contribution in [2.75, 3.05) is 6.61 Å². The van der Waals surface area contributed by atoms with Gasteiger partial charge in [0.05, 0.1) is 6.54 Å². The van der Waals surface area contributed by atoms with Crippen LogP contribution < -0.4 is 10.5 Å². The third-order valence-corrected chi connectivity index (χ3v) is 2.19. The van der Waals surface area contributed by atoms with Crippen LogP contribution in [0.4, 0.5) is 0 Å². The highest BCUT2D eigenvalue weighted by Gasteiger charge is 2.05. The van der Waals surface area contributed by atoms with Crippen molar-refractivity contribution in [1.82, 2.24) is 9.72 Å². The van der Waals surface area contributed by atoms with E-state index < -0.39 is 5.76 Å². The highest BCUT2D eigenvalue weighted by atomic mass is 16.5. The van der Waals surface area contributed by atoms with Crippen LogP contribution in [0, 0.1) is 6.92 Å². The van der Waals surface area contributed by atoms with Gasteiger partial charge in [-0.05, 0) is 19.1 Å². The number of para-hydroxylation sites is 1. The molecule has 0 spiro atoms. The van der Waals surface area contributed by atoms with Gasteiger partial charge in [0.25, 0.3) is 0 Å². The lowest BCUT2D eigenvalue weighted by Gasteiger charge is -2.05. The number of nitrogens with zero attached hydrogens (tertiary/aromatic N) is 2. The first-order valence-electron chi connectivity index (χ1n) is 4.98. The number of aryl methyl sites for hydroxylation is 1. The van der Waals surface area contributed by atoms with Crippen molar-refractivity contribution in [2.45, 2.75) is 13.5 Å². The molecule has 5 nitrogen and oxygen atoms in total. The molecule has 0 aliphatic rings. The zero-order chi connectivity index (χ0) is 11.4. The smallest absolute Gasteiger partial charge is 0.441 e. The van der Waals surface area contributed by atoms with E-state index in [1.807, 2.05) is 30.3 Å². The van der Waals surface area contributed by atoms with Gasteiger partial charge in [0.15, 0.2) is 5.82 Å². The second-order valence-corrected chi connectivity index (χ2v) is 3.31. The molecule has 0 amide bonds. The van der Waals surface area contributed by atoms with Crippen molar-refractivity contribution in [3.63, 3.8) is 0 Å². The van der Waals surface area contributed by atoms with E-state index in [2.05, 4.69) is 9.68 Å². The summed E-state index contributed by atoms with van der Waals surface area (Å²) >= 11 is 0. The van der Waals surface area contributed by atoms with Crippen LogP contribution in [-0.2, 0) is 6.54 Å². The fraction of sp³-hybridized carbons (Fsp3) is 0.273. The lowest BCUT2D eigenvalue weighted by Crippen LogP contribution is -2.19. The minimum absolute atomic E-state index is 0.409. The summed E-state index contributed by atoms with van der Waals surface area (Å²) in [6, 6.07) is 9.44. The largest absolute Gasteiger partial charge is 0.492 e. The number of benzene rings is 1. The Morgan fingerprint density at radius 3 is 2.75 bits per heavy atom. The highest BCUT2D eigenvalue weighted by molar-refractivity contribution is 5.20. The third-order valence-electron chi connectivity index (χ3n) is 2.19. The Morgan fingerprint density at radius 2 is 2.12 bits per heavy atom. The Labute approximate surface area is 92.3 Å². The molecule has 1 aromatic heterocycles.